The molecule has 2 nitrogen and oxygen atoms in total. The fourth-order valence-electron chi connectivity index (χ4n) is 1.07. The van der Waals surface area contributed by atoms with Crippen molar-refractivity contribution in [1.82, 2.24) is 0 Å². The van der Waals surface area contributed by atoms with Crippen LogP contribution < -0.4 is 0 Å². The van der Waals surface area contributed by atoms with Crippen LogP contribution in [-0.4, -0.2) is 13.1 Å². The van der Waals surface area contributed by atoms with E-state index in [1.54, 1.807) is 0 Å². The van der Waals surface area contributed by atoms with Crippen LogP contribution in [0.4, 0.5) is 0 Å². The van der Waals surface area contributed by atoms with Gasteiger partial charge < -0.3 is 4.74 Å². The Kier molecular flexibility index (Phi) is 6.82. The predicted octanol–water partition coefficient (Wildman–Crippen LogP) is 2.77. The summed E-state index contributed by atoms with van der Waals surface area (Å²) in [6.45, 7) is 4.45. The quantitative estimate of drug-likeness (QED) is 0.455. The average molecular weight is 172 g/mol. The van der Waals surface area contributed by atoms with E-state index < -0.39 is 0 Å². The molecule has 0 N–H and O–H groups in total. The summed E-state index contributed by atoms with van der Waals surface area (Å²) in [5.74, 6) is 0.710. The largest absolute Gasteiger partial charge is 0.469 e. The van der Waals surface area contributed by atoms with Gasteiger partial charge in [-0.15, -0.1) is 0 Å². The van der Waals surface area contributed by atoms with Gasteiger partial charge in [0.25, 0.3) is 0 Å². The van der Waals surface area contributed by atoms with E-state index in [0.717, 1.165) is 18.8 Å². The van der Waals surface area contributed by atoms with Gasteiger partial charge >= 0.3 is 5.97 Å². The Bertz CT molecular complexity index is 121. The van der Waals surface area contributed by atoms with Gasteiger partial charge in [-0.1, -0.05) is 33.1 Å². The van der Waals surface area contributed by atoms with Gasteiger partial charge in [-0.05, 0) is 12.3 Å². The van der Waals surface area contributed by atoms with Gasteiger partial charge in [0.1, 0.15) is 0 Å². The van der Waals surface area contributed by atoms with Crippen LogP contribution in [0.5, 0.6) is 0 Å². The van der Waals surface area contributed by atoms with E-state index in [-0.39, 0.29) is 5.97 Å². The minimum Gasteiger partial charge on any atom is -0.469 e. The van der Waals surface area contributed by atoms with Crippen LogP contribution in [0.1, 0.15) is 46.0 Å². The van der Waals surface area contributed by atoms with Gasteiger partial charge in [0.05, 0.1) is 7.11 Å². The summed E-state index contributed by atoms with van der Waals surface area (Å²) in [6.07, 6.45) is 5.15. The second-order valence-corrected chi connectivity index (χ2v) is 3.34. The molecular formula is C10H20O2. The van der Waals surface area contributed by atoms with Crippen LogP contribution in [0.3, 0.4) is 0 Å². The molecule has 0 saturated heterocycles. The third kappa shape index (κ3) is 6.20. The molecule has 0 aliphatic carbocycles. The Morgan fingerprint density at radius 2 is 2.08 bits per heavy atom. The Balaban J connectivity index is 3.15. The van der Waals surface area contributed by atoms with Crippen LogP contribution in [0.25, 0.3) is 0 Å². The smallest absolute Gasteiger partial charge is 0.305 e. The highest BCUT2D eigenvalue weighted by atomic mass is 16.5. The van der Waals surface area contributed by atoms with Gasteiger partial charge in [-0.2, -0.15) is 0 Å². The third-order valence-electron chi connectivity index (χ3n) is 2.25. The monoisotopic (exact) mass is 172 g/mol. The average Bonchev–Trinajstić information content (AvgIpc) is 2.11. The van der Waals surface area contributed by atoms with E-state index in [1.165, 1.54) is 20.0 Å². The molecule has 0 heterocycles. The zero-order chi connectivity index (χ0) is 9.40. The van der Waals surface area contributed by atoms with Crippen LogP contribution >= 0.6 is 0 Å². The Morgan fingerprint density at radius 3 is 2.58 bits per heavy atom. The van der Waals surface area contributed by atoms with Crippen molar-refractivity contribution in [3.05, 3.63) is 0 Å². The van der Waals surface area contributed by atoms with Crippen molar-refractivity contribution in [3.63, 3.8) is 0 Å². The Hall–Kier alpha value is -0.530. The number of carbonyl (C=O) groups is 1. The van der Waals surface area contributed by atoms with Crippen molar-refractivity contribution in [2.45, 2.75) is 46.0 Å². The van der Waals surface area contributed by atoms with Crippen molar-refractivity contribution in [3.8, 4) is 0 Å². The maximum absolute atomic E-state index is 10.7. The molecule has 0 aliphatic rings. The Morgan fingerprint density at radius 1 is 1.42 bits per heavy atom. The van der Waals surface area contributed by atoms with E-state index in [2.05, 4.69) is 18.6 Å². The molecule has 0 aliphatic heterocycles. The molecule has 0 aromatic heterocycles. The van der Waals surface area contributed by atoms with Crippen molar-refractivity contribution < 1.29 is 9.53 Å². The molecule has 1 atom stereocenters. The van der Waals surface area contributed by atoms with Gasteiger partial charge in [0, 0.05) is 6.42 Å². The number of hydrogen-bond donors (Lipinski definition) is 0. The van der Waals surface area contributed by atoms with Gasteiger partial charge in [0.2, 0.25) is 0 Å². The first-order chi connectivity index (χ1) is 5.70. The highest BCUT2D eigenvalue weighted by molar-refractivity contribution is 5.68. The van der Waals surface area contributed by atoms with E-state index in [1.807, 2.05) is 0 Å². The number of carbonyl (C=O) groups excluding carboxylic acids is 1. The van der Waals surface area contributed by atoms with Crippen molar-refractivity contribution in [2.75, 3.05) is 7.11 Å². The minimum absolute atomic E-state index is 0.0841. The lowest BCUT2D eigenvalue weighted by Crippen LogP contribution is -2.00. The highest BCUT2D eigenvalue weighted by Crippen LogP contribution is 2.12. The van der Waals surface area contributed by atoms with E-state index in [0.29, 0.717) is 6.42 Å². The molecule has 2 heteroatoms. The summed E-state index contributed by atoms with van der Waals surface area (Å²) in [7, 11) is 1.44. The Labute approximate surface area is 75.3 Å². The molecular weight excluding hydrogens is 152 g/mol. The minimum atomic E-state index is -0.0841. The third-order valence-corrected chi connectivity index (χ3v) is 2.25. The number of hydrogen-bond acceptors (Lipinski definition) is 2. The summed E-state index contributed by atoms with van der Waals surface area (Å²) in [5, 5.41) is 0. The molecule has 0 amide bonds. The molecule has 72 valence electrons. The molecule has 0 unspecified atom stereocenters. The van der Waals surface area contributed by atoms with Crippen molar-refractivity contribution >= 4 is 5.97 Å². The number of esters is 1. The van der Waals surface area contributed by atoms with Gasteiger partial charge in [-0.3, -0.25) is 4.79 Å². The summed E-state index contributed by atoms with van der Waals surface area (Å²) in [4.78, 5) is 10.7. The normalized spacial score (nSPS) is 12.6. The molecule has 0 rings (SSSR count). The van der Waals surface area contributed by atoms with Crippen LogP contribution in [-0.2, 0) is 9.53 Å². The van der Waals surface area contributed by atoms with Crippen molar-refractivity contribution in [2.24, 2.45) is 5.92 Å². The summed E-state index contributed by atoms with van der Waals surface area (Å²) in [6, 6.07) is 0. The van der Waals surface area contributed by atoms with E-state index in [9.17, 15) is 4.79 Å². The predicted molar refractivity (Wildman–Crippen MR) is 49.9 cm³/mol. The maximum Gasteiger partial charge on any atom is 0.305 e. The zero-order valence-corrected chi connectivity index (χ0v) is 8.43. The molecule has 0 aromatic carbocycles. The molecule has 0 fully saturated rings. The van der Waals surface area contributed by atoms with Crippen molar-refractivity contribution in [1.29, 1.82) is 0 Å². The summed E-state index contributed by atoms with van der Waals surface area (Å²) >= 11 is 0. The fraction of sp³-hybridized carbons (Fsp3) is 0.900. The lowest BCUT2D eigenvalue weighted by molar-refractivity contribution is -0.140. The zero-order valence-electron chi connectivity index (χ0n) is 8.43. The lowest BCUT2D eigenvalue weighted by atomic mass is 10.0. The first kappa shape index (κ1) is 11.5. The molecule has 0 bridgehead atoms. The molecule has 0 radical (unpaired) electrons. The van der Waals surface area contributed by atoms with Crippen LogP contribution in [0.2, 0.25) is 0 Å². The maximum atomic E-state index is 10.7. The number of unbranched alkanes of at least 4 members (excludes halogenated alkanes) is 1. The topological polar surface area (TPSA) is 26.3 Å². The second-order valence-electron chi connectivity index (χ2n) is 3.34. The van der Waals surface area contributed by atoms with Gasteiger partial charge in [0.15, 0.2) is 0 Å². The van der Waals surface area contributed by atoms with Gasteiger partial charge in [-0.25, -0.2) is 0 Å². The summed E-state index contributed by atoms with van der Waals surface area (Å²) < 4.78 is 4.54. The SMILES string of the molecule is CC[C@@H](C)CCCCC(=O)OC. The summed E-state index contributed by atoms with van der Waals surface area (Å²) in [5.41, 5.74) is 0. The lowest BCUT2D eigenvalue weighted by Gasteiger charge is -2.06. The molecule has 0 spiro atoms. The first-order valence-electron chi connectivity index (χ1n) is 4.77. The molecule has 0 saturated carbocycles. The van der Waals surface area contributed by atoms with Crippen LogP contribution in [0.15, 0.2) is 0 Å². The molecule has 12 heavy (non-hydrogen) atoms. The second kappa shape index (κ2) is 7.14. The van der Waals surface area contributed by atoms with E-state index in [4.69, 9.17) is 0 Å². The first-order valence-corrected chi connectivity index (χ1v) is 4.77. The van der Waals surface area contributed by atoms with Crippen LogP contribution in [0, 0.1) is 5.92 Å². The van der Waals surface area contributed by atoms with E-state index >= 15 is 0 Å². The number of rotatable bonds is 6. The number of ether oxygens (including phenoxy) is 1. The standard InChI is InChI=1S/C10H20O2/c1-4-9(2)7-5-6-8-10(11)12-3/h9H,4-8H2,1-3H3/t9-/m1/s1. The highest BCUT2D eigenvalue weighted by Gasteiger charge is 2.01. The fourth-order valence-corrected chi connectivity index (χ4v) is 1.07. The molecule has 0 aromatic rings. The number of methoxy groups -OCH3 is 1.